The Bertz CT molecular complexity index is 949. The Hall–Kier alpha value is -2.38. The summed E-state index contributed by atoms with van der Waals surface area (Å²) in [5, 5.41) is 10.9. The number of Topliss-reactive ketones (excluding diaryl/α,β-unsaturated/α-hetero) is 2. The number of allylic oxidation sites excluding steroid dienone is 2. The van der Waals surface area contributed by atoms with Crippen LogP contribution in [-0.2, 0) is 0 Å². The van der Waals surface area contributed by atoms with Gasteiger partial charge in [0.2, 0.25) is 11.6 Å². The maximum atomic E-state index is 12.6. The molecule has 2 aliphatic rings. The number of nitro benzene ring substituents is 1. The third-order valence-electron chi connectivity index (χ3n) is 3.59. The first-order valence-corrected chi connectivity index (χ1v) is 8.26. The number of rotatable bonds is 1. The highest BCUT2D eigenvalue weighted by Gasteiger charge is 2.36. The van der Waals surface area contributed by atoms with E-state index in [9.17, 15) is 19.7 Å². The molecule has 0 radical (unpaired) electrons. The number of nitro groups is 1. The van der Waals surface area contributed by atoms with Gasteiger partial charge in [-0.3, -0.25) is 19.7 Å². The minimum atomic E-state index is -0.533. The van der Waals surface area contributed by atoms with Crippen molar-refractivity contribution in [1.82, 2.24) is 0 Å². The molecule has 23 heavy (non-hydrogen) atoms. The molecule has 2 heterocycles. The lowest BCUT2D eigenvalue weighted by atomic mass is 10.1. The molecule has 0 aromatic heterocycles. The first kappa shape index (κ1) is 14.2. The SMILES string of the molecule is O=C1/C(=C2\Sc3ccc([N+](=O)[O-])cc3C2=O)Sc2ccccc21. The summed E-state index contributed by atoms with van der Waals surface area (Å²) < 4.78 is 0. The van der Waals surface area contributed by atoms with Gasteiger partial charge in [-0.2, -0.15) is 0 Å². The molecular weight excluding hydrogens is 334 g/mol. The van der Waals surface area contributed by atoms with Crippen LogP contribution in [0.3, 0.4) is 0 Å². The maximum absolute atomic E-state index is 12.6. The first-order valence-electron chi connectivity index (χ1n) is 6.63. The van der Waals surface area contributed by atoms with Gasteiger partial charge < -0.3 is 0 Å². The van der Waals surface area contributed by atoms with E-state index in [-0.39, 0.29) is 22.8 Å². The molecule has 7 heteroatoms. The van der Waals surface area contributed by atoms with Gasteiger partial charge in [0.1, 0.15) is 0 Å². The number of non-ortho nitro benzene ring substituents is 1. The van der Waals surface area contributed by atoms with Crippen molar-refractivity contribution in [1.29, 1.82) is 0 Å². The van der Waals surface area contributed by atoms with Gasteiger partial charge in [0, 0.05) is 33.1 Å². The molecule has 0 N–H and O–H groups in total. The lowest BCUT2D eigenvalue weighted by Gasteiger charge is -1.98. The summed E-state index contributed by atoms with van der Waals surface area (Å²) in [5.41, 5.74) is 0.754. The standard InChI is InChI=1S/C16H7NO4S2/c18-13-9-3-1-2-4-11(9)22-15(13)16-14(19)10-7-8(17(20)21)5-6-12(10)23-16/h1-7H/b16-15+. The van der Waals surface area contributed by atoms with Crippen molar-refractivity contribution in [3.63, 3.8) is 0 Å². The van der Waals surface area contributed by atoms with E-state index in [1.165, 1.54) is 35.7 Å². The van der Waals surface area contributed by atoms with Crippen LogP contribution in [0.25, 0.3) is 0 Å². The van der Waals surface area contributed by atoms with Crippen LogP contribution in [0.2, 0.25) is 0 Å². The lowest BCUT2D eigenvalue weighted by Crippen LogP contribution is -2.02. The van der Waals surface area contributed by atoms with E-state index in [0.29, 0.717) is 20.3 Å². The van der Waals surface area contributed by atoms with Crippen molar-refractivity contribution < 1.29 is 14.5 Å². The van der Waals surface area contributed by atoms with Crippen LogP contribution >= 0.6 is 23.5 Å². The van der Waals surface area contributed by atoms with Crippen LogP contribution < -0.4 is 0 Å². The van der Waals surface area contributed by atoms with Crippen LogP contribution in [0.1, 0.15) is 20.7 Å². The molecule has 0 spiro atoms. The van der Waals surface area contributed by atoms with Crippen LogP contribution in [0.4, 0.5) is 5.69 Å². The Morgan fingerprint density at radius 2 is 1.43 bits per heavy atom. The van der Waals surface area contributed by atoms with Crippen molar-refractivity contribution in [3.8, 4) is 0 Å². The Morgan fingerprint density at radius 3 is 2.09 bits per heavy atom. The van der Waals surface area contributed by atoms with E-state index in [0.717, 1.165) is 4.90 Å². The van der Waals surface area contributed by atoms with Crippen LogP contribution in [0, 0.1) is 10.1 Å². The highest BCUT2D eigenvalue weighted by atomic mass is 32.2. The molecule has 2 aromatic rings. The number of carbonyl (C=O) groups excluding carboxylic acids is 2. The van der Waals surface area contributed by atoms with Crippen LogP contribution in [0.15, 0.2) is 62.1 Å². The fourth-order valence-electron chi connectivity index (χ4n) is 2.50. The van der Waals surface area contributed by atoms with E-state index in [1.807, 2.05) is 12.1 Å². The summed E-state index contributed by atoms with van der Waals surface area (Å²) in [6.45, 7) is 0. The molecule has 0 amide bonds. The Morgan fingerprint density at radius 1 is 0.826 bits per heavy atom. The molecule has 0 bridgehead atoms. The minimum absolute atomic E-state index is 0.127. The quantitative estimate of drug-likeness (QED) is 0.442. The first-order chi connectivity index (χ1) is 11.1. The Balaban J connectivity index is 1.80. The fraction of sp³-hybridized carbons (Fsp3) is 0. The number of hydrogen-bond donors (Lipinski definition) is 0. The third-order valence-corrected chi connectivity index (χ3v) is 6.06. The number of carbonyl (C=O) groups is 2. The molecule has 2 aromatic carbocycles. The predicted octanol–water partition coefficient (Wildman–Crippen LogP) is 4.08. The second-order valence-corrected chi connectivity index (χ2v) is 7.06. The molecule has 0 aliphatic carbocycles. The molecule has 5 nitrogen and oxygen atoms in total. The van der Waals surface area contributed by atoms with Gasteiger partial charge in [-0.05, 0) is 18.2 Å². The van der Waals surface area contributed by atoms with Crippen molar-refractivity contribution in [2.45, 2.75) is 9.79 Å². The third kappa shape index (κ3) is 2.12. The van der Waals surface area contributed by atoms with Gasteiger partial charge in [0.05, 0.1) is 14.7 Å². The normalized spacial score (nSPS) is 19.0. The topological polar surface area (TPSA) is 77.3 Å². The van der Waals surface area contributed by atoms with Crippen molar-refractivity contribution in [3.05, 3.63) is 73.5 Å². The largest absolute Gasteiger partial charge is 0.288 e. The summed E-state index contributed by atoms with van der Waals surface area (Å²) >= 11 is 2.48. The fourth-order valence-corrected chi connectivity index (χ4v) is 4.78. The van der Waals surface area contributed by atoms with E-state index in [1.54, 1.807) is 18.2 Å². The number of thioether (sulfide) groups is 2. The molecule has 0 saturated carbocycles. The van der Waals surface area contributed by atoms with Gasteiger partial charge >= 0.3 is 0 Å². The van der Waals surface area contributed by atoms with Gasteiger partial charge in [0.25, 0.3) is 5.69 Å². The highest BCUT2D eigenvalue weighted by Crippen LogP contribution is 2.49. The van der Waals surface area contributed by atoms with Gasteiger partial charge in [-0.25, -0.2) is 0 Å². The molecule has 0 saturated heterocycles. The summed E-state index contributed by atoms with van der Waals surface area (Å²) in [6.07, 6.45) is 0. The summed E-state index contributed by atoms with van der Waals surface area (Å²) in [5.74, 6) is -0.485. The molecule has 4 rings (SSSR count). The van der Waals surface area contributed by atoms with Crippen LogP contribution in [0.5, 0.6) is 0 Å². The number of benzene rings is 2. The van der Waals surface area contributed by atoms with E-state index < -0.39 is 4.92 Å². The molecule has 2 aliphatic heterocycles. The number of hydrogen-bond acceptors (Lipinski definition) is 6. The smallest absolute Gasteiger partial charge is 0.270 e. The second kappa shape index (κ2) is 5.07. The average Bonchev–Trinajstić information content (AvgIpc) is 3.05. The molecule has 0 unspecified atom stereocenters. The van der Waals surface area contributed by atoms with Gasteiger partial charge in [-0.1, -0.05) is 35.7 Å². The summed E-state index contributed by atoms with van der Waals surface area (Å²) in [6, 6.07) is 11.4. The zero-order valence-electron chi connectivity index (χ0n) is 11.4. The van der Waals surface area contributed by atoms with E-state index in [2.05, 4.69) is 0 Å². The number of fused-ring (bicyclic) bond motifs is 2. The summed E-state index contributed by atoms with van der Waals surface area (Å²) in [4.78, 5) is 37.7. The Labute approximate surface area is 138 Å². The summed E-state index contributed by atoms with van der Waals surface area (Å²) in [7, 11) is 0. The second-order valence-electron chi connectivity index (χ2n) is 4.95. The minimum Gasteiger partial charge on any atom is -0.288 e. The molecule has 112 valence electrons. The van der Waals surface area contributed by atoms with Gasteiger partial charge in [0.15, 0.2) is 0 Å². The van der Waals surface area contributed by atoms with Crippen LogP contribution in [-0.4, -0.2) is 16.5 Å². The zero-order valence-corrected chi connectivity index (χ0v) is 13.1. The predicted molar refractivity (Wildman–Crippen MR) is 86.9 cm³/mol. The number of ketones is 2. The van der Waals surface area contributed by atoms with Gasteiger partial charge in [-0.15, -0.1) is 0 Å². The van der Waals surface area contributed by atoms with Crippen molar-refractivity contribution in [2.24, 2.45) is 0 Å². The maximum Gasteiger partial charge on any atom is 0.270 e. The molecule has 0 fully saturated rings. The van der Waals surface area contributed by atoms with Crippen molar-refractivity contribution in [2.75, 3.05) is 0 Å². The molecular formula is C16H7NO4S2. The zero-order chi connectivity index (χ0) is 16.1. The average molecular weight is 341 g/mol. The number of nitrogens with zero attached hydrogens (tertiary/aromatic N) is 1. The highest BCUT2D eigenvalue weighted by molar-refractivity contribution is 8.08. The Kier molecular flexibility index (Phi) is 3.14. The van der Waals surface area contributed by atoms with Crippen molar-refractivity contribution >= 4 is 40.8 Å². The van der Waals surface area contributed by atoms with E-state index in [4.69, 9.17) is 0 Å². The van der Waals surface area contributed by atoms with E-state index >= 15 is 0 Å². The lowest BCUT2D eigenvalue weighted by molar-refractivity contribution is -0.384. The molecule has 0 atom stereocenters. The monoisotopic (exact) mass is 341 g/mol.